The number of amides is 1. The molecule has 2 heterocycles. The summed E-state index contributed by atoms with van der Waals surface area (Å²) in [7, 11) is 0. The van der Waals surface area contributed by atoms with Gasteiger partial charge in [-0.3, -0.25) is 9.53 Å². The minimum atomic E-state index is -4.64. The summed E-state index contributed by atoms with van der Waals surface area (Å²) in [6, 6.07) is 5.29. The number of alkyl halides is 3. The van der Waals surface area contributed by atoms with Crippen LogP contribution in [0.3, 0.4) is 0 Å². The van der Waals surface area contributed by atoms with E-state index in [4.69, 9.17) is 20.8 Å². The molecule has 0 saturated heterocycles. The van der Waals surface area contributed by atoms with Crippen molar-refractivity contribution in [2.24, 2.45) is 0 Å². The second kappa shape index (κ2) is 9.11. The molecular weight excluding hydrogens is 451 g/mol. The minimum Gasteiger partial charge on any atom is -0.480 e. The molecule has 11 heteroatoms. The molecule has 0 radical (unpaired) electrons. The number of hydrogen-bond acceptors (Lipinski definition) is 6. The number of carbonyl (C=O) groups is 1. The number of fused-ring (bicyclic) bond motifs is 1. The third-order valence-electron chi connectivity index (χ3n) is 5.43. The first-order valence-corrected chi connectivity index (χ1v) is 10.5. The molecule has 1 aliphatic carbocycles. The Morgan fingerprint density at radius 2 is 2.09 bits per heavy atom. The summed E-state index contributed by atoms with van der Waals surface area (Å²) >= 11 is 5.98. The molecule has 1 aliphatic heterocycles. The Morgan fingerprint density at radius 3 is 2.84 bits per heavy atom. The predicted octanol–water partition coefficient (Wildman–Crippen LogP) is 4.46. The van der Waals surface area contributed by atoms with Crippen molar-refractivity contribution >= 4 is 17.5 Å². The molecule has 7 nitrogen and oxygen atoms in total. The van der Waals surface area contributed by atoms with Crippen LogP contribution < -0.4 is 10.1 Å². The summed E-state index contributed by atoms with van der Waals surface area (Å²) in [6.45, 7) is 3.86. The zero-order valence-electron chi connectivity index (χ0n) is 17.0. The second-order valence-corrected chi connectivity index (χ2v) is 8.31. The van der Waals surface area contributed by atoms with Crippen LogP contribution >= 0.6 is 11.6 Å². The summed E-state index contributed by atoms with van der Waals surface area (Å²) in [5, 5.41) is 11.2. The first-order valence-electron chi connectivity index (χ1n) is 10.2. The van der Waals surface area contributed by atoms with E-state index in [1.54, 1.807) is 12.1 Å². The average Bonchev–Trinajstić information content (AvgIpc) is 3.16. The third kappa shape index (κ3) is 5.60. The number of nitrogens with zero attached hydrogens (tertiary/aromatic N) is 2. The van der Waals surface area contributed by atoms with Gasteiger partial charge in [0.25, 0.3) is 5.91 Å². The molecule has 1 saturated carbocycles. The van der Waals surface area contributed by atoms with E-state index < -0.39 is 18.6 Å². The largest absolute Gasteiger partial charge is 0.522 e. The second-order valence-electron chi connectivity index (χ2n) is 7.88. The van der Waals surface area contributed by atoms with Gasteiger partial charge in [0.2, 0.25) is 11.8 Å². The van der Waals surface area contributed by atoms with Crippen molar-refractivity contribution in [3.63, 3.8) is 0 Å². The molecule has 32 heavy (non-hydrogen) atoms. The lowest BCUT2D eigenvalue weighted by Gasteiger charge is -2.32. The Balaban J connectivity index is 1.20. The Bertz CT molecular complexity index is 1000. The molecule has 1 N–H and O–H groups in total. The highest BCUT2D eigenvalue weighted by Crippen LogP contribution is 2.40. The summed E-state index contributed by atoms with van der Waals surface area (Å²) in [5.41, 5.74) is 1.44. The van der Waals surface area contributed by atoms with Crippen LogP contribution in [0.1, 0.15) is 48.9 Å². The van der Waals surface area contributed by atoms with Crippen molar-refractivity contribution in [2.75, 3.05) is 0 Å². The maximum absolute atomic E-state index is 12.5. The summed E-state index contributed by atoms with van der Waals surface area (Å²) in [4.78, 5) is 12.5. The van der Waals surface area contributed by atoms with Crippen molar-refractivity contribution in [2.45, 2.75) is 63.0 Å². The fraction of sp³-hybridized carbons (Fsp3) is 0.476. The van der Waals surface area contributed by atoms with Gasteiger partial charge in [-0.25, -0.2) is 0 Å². The van der Waals surface area contributed by atoms with Crippen LogP contribution in [-0.4, -0.2) is 34.7 Å². The van der Waals surface area contributed by atoms with Crippen molar-refractivity contribution in [3.05, 3.63) is 52.8 Å². The lowest BCUT2D eigenvalue weighted by Crippen LogP contribution is -2.39. The topological polar surface area (TPSA) is 86.5 Å². The first-order chi connectivity index (χ1) is 15.2. The molecule has 2 aromatic rings. The van der Waals surface area contributed by atoms with Crippen LogP contribution in [0.25, 0.3) is 0 Å². The molecule has 0 spiro atoms. The first kappa shape index (κ1) is 22.6. The number of halogens is 4. The van der Waals surface area contributed by atoms with Gasteiger partial charge in [-0.15, -0.1) is 23.4 Å². The average molecular weight is 472 g/mol. The zero-order chi connectivity index (χ0) is 22.9. The van der Waals surface area contributed by atoms with Crippen LogP contribution in [0.5, 0.6) is 5.75 Å². The number of rotatable bonds is 7. The molecule has 1 atom stereocenters. The third-order valence-corrected chi connectivity index (χ3v) is 5.66. The van der Waals surface area contributed by atoms with Crippen LogP contribution in [-0.2, 0) is 22.4 Å². The van der Waals surface area contributed by atoms with E-state index >= 15 is 0 Å². The Kier molecular flexibility index (Phi) is 6.43. The lowest BCUT2D eigenvalue weighted by molar-refractivity contribution is -0.352. The number of nitrogens with one attached hydrogen (secondary N) is 1. The Morgan fingerprint density at radius 1 is 1.31 bits per heavy atom. The highest BCUT2D eigenvalue weighted by atomic mass is 35.5. The quantitative estimate of drug-likeness (QED) is 0.641. The number of benzene rings is 1. The fourth-order valence-corrected chi connectivity index (χ4v) is 3.90. The van der Waals surface area contributed by atoms with Gasteiger partial charge < -0.3 is 14.5 Å². The normalized spacial score (nSPS) is 22.4. The van der Waals surface area contributed by atoms with E-state index in [2.05, 4.69) is 26.8 Å². The predicted molar refractivity (Wildman–Crippen MR) is 107 cm³/mol. The van der Waals surface area contributed by atoms with Gasteiger partial charge in [0.15, 0.2) is 6.10 Å². The number of ether oxygens (including phenoxy) is 2. The SMILES string of the molecule is C=C(CCc1nnc(C2CC(OC(F)(F)F)C2)o1)NC(=O)[C@@H]1CCc2cc(Cl)ccc2O1. The minimum absolute atomic E-state index is 0.181. The van der Waals surface area contributed by atoms with Crippen molar-refractivity contribution in [3.8, 4) is 5.75 Å². The number of carbonyl (C=O) groups excluding carboxylic acids is 1. The molecule has 1 amide bonds. The standard InChI is InChI=1S/C21H21ClF3N3O4/c1-11(26-19(29)17-5-3-12-8-14(22)4-6-16(12)30-17)2-7-18-27-28-20(31-18)13-9-15(10-13)32-21(23,24)25/h4,6,8,13,15,17H,1-3,5,7,9-10H2,(H,26,29)/t13?,15?,17-/m0/s1. The highest BCUT2D eigenvalue weighted by Gasteiger charge is 2.42. The van der Waals surface area contributed by atoms with Crippen LogP contribution in [0.2, 0.25) is 5.02 Å². The molecule has 1 aromatic carbocycles. The van der Waals surface area contributed by atoms with Gasteiger partial charge in [0.05, 0.1) is 6.10 Å². The molecule has 0 bridgehead atoms. The summed E-state index contributed by atoms with van der Waals surface area (Å²) < 4.78 is 51.9. The van der Waals surface area contributed by atoms with Crippen LogP contribution in [0.4, 0.5) is 13.2 Å². The molecule has 2 aliphatic rings. The molecular formula is C21H21ClF3N3O4. The number of aryl methyl sites for hydroxylation is 2. The molecule has 0 unspecified atom stereocenters. The maximum Gasteiger partial charge on any atom is 0.522 e. The molecule has 1 fully saturated rings. The van der Waals surface area contributed by atoms with E-state index in [1.807, 2.05) is 6.07 Å². The van der Waals surface area contributed by atoms with E-state index in [0.29, 0.717) is 53.9 Å². The number of aromatic nitrogens is 2. The molecule has 172 valence electrons. The maximum atomic E-state index is 12.5. The van der Waals surface area contributed by atoms with E-state index in [0.717, 1.165) is 5.56 Å². The number of allylic oxidation sites excluding steroid dienone is 1. The van der Waals surface area contributed by atoms with Gasteiger partial charge in [0.1, 0.15) is 5.75 Å². The smallest absolute Gasteiger partial charge is 0.480 e. The van der Waals surface area contributed by atoms with Gasteiger partial charge in [-0.05, 0) is 55.9 Å². The zero-order valence-corrected chi connectivity index (χ0v) is 17.7. The van der Waals surface area contributed by atoms with Crippen LogP contribution in [0, 0.1) is 0 Å². The fourth-order valence-electron chi connectivity index (χ4n) is 3.70. The monoisotopic (exact) mass is 471 g/mol. The Hall–Kier alpha value is -2.59. The highest BCUT2D eigenvalue weighted by molar-refractivity contribution is 6.30. The van der Waals surface area contributed by atoms with Crippen LogP contribution in [0.15, 0.2) is 34.9 Å². The van der Waals surface area contributed by atoms with Gasteiger partial charge >= 0.3 is 6.36 Å². The summed E-state index contributed by atoms with van der Waals surface area (Å²) in [6.07, 6.45) is -3.86. The molecule has 1 aromatic heterocycles. The van der Waals surface area contributed by atoms with Gasteiger partial charge in [-0.2, -0.15) is 0 Å². The summed E-state index contributed by atoms with van der Waals surface area (Å²) in [5.74, 6) is 0.740. The van der Waals surface area contributed by atoms with Crippen molar-refractivity contribution < 1.29 is 31.9 Å². The van der Waals surface area contributed by atoms with E-state index in [-0.39, 0.29) is 24.7 Å². The van der Waals surface area contributed by atoms with Gasteiger partial charge in [-0.1, -0.05) is 18.2 Å². The molecule has 4 rings (SSSR count). The number of hydrogen-bond donors (Lipinski definition) is 1. The Labute approximate surface area is 186 Å². The van der Waals surface area contributed by atoms with E-state index in [1.165, 1.54) is 0 Å². The van der Waals surface area contributed by atoms with E-state index in [9.17, 15) is 18.0 Å². The van der Waals surface area contributed by atoms with Crippen molar-refractivity contribution in [1.29, 1.82) is 0 Å². The van der Waals surface area contributed by atoms with Crippen molar-refractivity contribution in [1.82, 2.24) is 15.5 Å². The van der Waals surface area contributed by atoms with Gasteiger partial charge in [0, 0.05) is 23.1 Å². The lowest BCUT2D eigenvalue weighted by atomic mass is 9.82.